The second-order valence-electron chi connectivity index (χ2n) is 9.39. The van der Waals surface area contributed by atoms with Crippen LogP contribution in [0.5, 0.6) is 0 Å². The number of anilines is 1. The summed E-state index contributed by atoms with van der Waals surface area (Å²) in [7, 11) is -3.57. The smallest absolute Gasteiger partial charge is 0.243 e. The SMILES string of the molecule is CC[C@@H](C(=O)NC(C)C)N(Cc1ccc(F)cc1)C(=O)CCCN(c1cccc(C)c1C)S(C)(=O)=O. The van der Waals surface area contributed by atoms with Crippen LogP contribution < -0.4 is 9.62 Å². The van der Waals surface area contributed by atoms with E-state index < -0.39 is 16.1 Å². The Kier molecular flexibility index (Phi) is 10.5. The summed E-state index contributed by atoms with van der Waals surface area (Å²) >= 11 is 0. The summed E-state index contributed by atoms with van der Waals surface area (Å²) in [5, 5.41) is 2.87. The Morgan fingerprint density at radius 3 is 2.25 bits per heavy atom. The van der Waals surface area contributed by atoms with E-state index in [1.54, 1.807) is 18.2 Å². The fourth-order valence-electron chi connectivity index (χ4n) is 4.07. The van der Waals surface area contributed by atoms with E-state index in [-0.39, 0.29) is 49.6 Å². The van der Waals surface area contributed by atoms with Crippen LogP contribution in [0.1, 0.15) is 56.7 Å². The Morgan fingerprint density at radius 2 is 1.69 bits per heavy atom. The number of nitrogens with one attached hydrogen (secondary N) is 1. The molecule has 2 aromatic carbocycles. The third kappa shape index (κ3) is 8.05. The molecule has 0 spiro atoms. The minimum absolute atomic E-state index is 0.0591. The number of carbonyl (C=O) groups is 2. The number of hydrogen-bond donors (Lipinski definition) is 1. The Bertz CT molecular complexity index is 1150. The van der Waals surface area contributed by atoms with Gasteiger partial charge in [-0.15, -0.1) is 0 Å². The van der Waals surface area contributed by atoms with Crippen molar-refractivity contribution in [1.82, 2.24) is 10.2 Å². The van der Waals surface area contributed by atoms with Crippen LogP contribution in [0, 0.1) is 19.7 Å². The standard InChI is InChI=1S/C27H38FN3O4S/c1-7-24(27(33)29-19(2)3)30(18-22-13-15-23(28)16-14-22)26(32)12-9-17-31(36(6,34)35)25-11-8-10-20(4)21(25)5/h8,10-11,13-16,19,24H,7,9,12,17-18H2,1-6H3,(H,29,33)/t24-/m0/s1. The monoisotopic (exact) mass is 519 g/mol. The van der Waals surface area contributed by atoms with Crippen LogP contribution in [0.4, 0.5) is 10.1 Å². The highest BCUT2D eigenvalue weighted by atomic mass is 32.2. The van der Waals surface area contributed by atoms with Crippen molar-refractivity contribution < 1.29 is 22.4 Å². The molecule has 0 aliphatic rings. The number of benzene rings is 2. The molecule has 36 heavy (non-hydrogen) atoms. The number of carbonyl (C=O) groups excluding carboxylic acids is 2. The van der Waals surface area contributed by atoms with Gasteiger partial charge < -0.3 is 10.2 Å². The van der Waals surface area contributed by atoms with Crippen LogP contribution in [0.2, 0.25) is 0 Å². The molecule has 9 heteroatoms. The average molecular weight is 520 g/mol. The molecule has 0 bridgehead atoms. The van der Waals surface area contributed by atoms with E-state index in [0.29, 0.717) is 17.7 Å². The number of halogens is 1. The fourth-order valence-corrected chi connectivity index (χ4v) is 5.09. The molecule has 0 radical (unpaired) electrons. The maximum atomic E-state index is 13.4. The molecule has 0 saturated carbocycles. The maximum Gasteiger partial charge on any atom is 0.243 e. The van der Waals surface area contributed by atoms with E-state index in [4.69, 9.17) is 0 Å². The highest BCUT2D eigenvalue weighted by Crippen LogP contribution is 2.25. The van der Waals surface area contributed by atoms with E-state index in [1.165, 1.54) is 21.3 Å². The number of sulfonamides is 1. The van der Waals surface area contributed by atoms with Gasteiger partial charge in [-0.1, -0.05) is 31.2 Å². The molecule has 0 aliphatic carbocycles. The van der Waals surface area contributed by atoms with Gasteiger partial charge in [0.2, 0.25) is 21.8 Å². The van der Waals surface area contributed by atoms with Crippen LogP contribution in [0.3, 0.4) is 0 Å². The average Bonchev–Trinajstić information content (AvgIpc) is 2.78. The van der Waals surface area contributed by atoms with Gasteiger partial charge in [-0.2, -0.15) is 0 Å². The molecule has 1 N–H and O–H groups in total. The van der Waals surface area contributed by atoms with Crippen molar-refractivity contribution in [3.05, 3.63) is 65.0 Å². The summed E-state index contributed by atoms with van der Waals surface area (Å²) in [6.07, 6.45) is 1.90. The fraction of sp³-hybridized carbons (Fsp3) is 0.481. The minimum Gasteiger partial charge on any atom is -0.352 e. The molecule has 0 heterocycles. The van der Waals surface area contributed by atoms with Crippen molar-refractivity contribution in [3.8, 4) is 0 Å². The van der Waals surface area contributed by atoms with Crippen LogP contribution in [-0.2, 0) is 26.2 Å². The van der Waals surface area contributed by atoms with Crippen LogP contribution >= 0.6 is 0 Å². The summed E-state index contributed by atoms with van der Waals surface area (Å²) in [6, 6.07) is 10.5. The van der Waals surface area contributed by atoms with E-state index in [2.05, 4.69) is 5.32 Å². The molecular formula is C27H38FN3O4S. The third-order valence-corrected chi connectivity index (χ3v) is 7.26. The Morgan fingerprint density at radius 1 is 1.06 bits per heavy atom. The molecule has 1 atom stereocenters. The lowest BCUT2D eigenvalue weighted by molar-refractivity contribution is -0.141. The Hall–Kier alpha value is -2.94. The van der Waals surface area contributed by atoms with E-state index in [1.807, 2.05) is 46.8 Å². The first-order valence-electron chi connectivity index (χ1n) is 12.2. The zero-order chi connectivity index (χ0) is 27.0. The first-order valence-corrected chi connectivity index (χ1v) is 14.1. The van der Waals surface area contributed by atoms with Gasteiger partial charge in [0, 0.05) is 25.6 Å². The third-order valence-electron chi connectivity index (χ3n) is 6.08. The molecule has 198 valence electrons. The van der Waals surface area contributed by atoms with Crippen molar-refractivity contribution in [2.75, 3.05) is 17.1 Å². The normalized spacial score (nSPS) is 12.3. The van der Waals surface area contributed by atoms with Crippen LogP contribution in [0.15, 0.2) is 42.5 Å². The van der Waals surface area contributed by atoms with Gasteiger partial charge in [0.05, 0.1) is 11.9 Å². The quantitative estimate of drug-likeness (QED) is 0.453. The van der Waals surface area contributed by atoms with Gasteiger partial charge in [-0.25, -0.2) is 12.8 Å². The van der Waals surface area contributed by atoms with Gasteiger partial charge in [0.25, 0.3) is 0 Å². The van der Waals surface area contributed by atoms with Crippen LogP contribution in [-0.4, -0.2) is 50.0 Å². The number of rotatable bonds is 12. The number of nitrogens with zero attached hydrogens (tertiary/aromatic N) is 2. The van der Waals surface area contributed by atoms with Gasteiger partial charge in [-0.05, 0) is 75.4 Å². The molecule has 2 amide bonds. The molecule has 0 fully saturated rings. The molecule has 0 aromatic heterocycles. The topological polar surface area (TPSA) is 86.8 Å². The first-order chi connectivity index (χ1) is 16.8. The Balaban J connectivity index is 2.24. The molecule has 2 aromatic rings. The van der Waals surface area contributed by atoms with Gasteiger partial charge in [-0.3, -0.25) is 13.9 Å². The van der Waals surface area contributed by atoms with E-state index >= 15 is 0 Å². The molecule has 7 nitrogen and oxygen atoms in total. The maximum absolute atomic E-state index is 13.4. The summed E-state index contributed by atoms with van der Waals surface area (Å²) in [4.78, 5) is 27.8. The predicted molar refractivity (Wildman–Crippen MR) is 142 cm³/mol. The molecule has 0 saturated heterocycles. The largest absolute Gasteiger partial charge is 0.352 e. The second-order valence-corrected chi connectivity index (χ2v) is 11.3. The number of hydrogen-bond acceptors (Lipinski definition) is 4. The van der Waals surface area contributed by atoms with Crippen molar-refractivity contribution in [2.45, 2.75) is 72.5 Å². The van der Waals surface area contributed by atoms with Crippen molar-refractivity contribution >= 4 is 27.5 Å². The molecular weight excluding hydrogens is 481 g/mol. The molecule has 0 unspecified atom stereocenters. The van der Waals surface area contributed by atoms with E-state index in [0.717, 1.165) is 17.4 Å². The number of aryl methyl sites for hydroxylation is 1. The minimum atomic E-state index is -3.57. The lowest BCUT2D eigenvalue weighted by atomic mass is 10.1. The highest BCUT2D eigenvalue weighted by Gasteiger charge is 2.29. The van der Waals surface area contributed by atoms with Gasteiger partial charge in [0.15, 0.2) is 0 Å². The van der Waals surface area contributed by atoms with E-state index in [9.17, 15) is 22.4 Å². The van der Waals surface area contributed by atoms with Crippen molar-refractivity contribution in [3.63, 3.8) is 0 Å². The lowest BCUT2D eigenvalue weighted by Crippen LogP contribution is -2.50. The lowest BCUT2D eigenvalue weighted by Gasteiger charge is -2.31. The van der Waals surface area contributed by atoms with Crippen LogP contribution in [0.25, 0.3) is 0 Å². The highest BCUT2D eigenvalue weighted by molar-refractivity contribution is 7.92. The number of amides is 2. The molecule has 0 aliphatic heterocycles. The zero-order valence-corrected chi connectivity index (χ0v) is 22.9. The second kappa shape index (κ2) is 12.9. The summed E-state index contributed by atoms with van der Waals surface area (Å²) in [5.74, 6) is -0.899. The van der Waals surface area contributed by atoms with Gasteiger partial charge in [0.1, 0.15) is 11.9 Å². The summed E-state index contributed by atoms with van der Waals surface area (Å²) in [6.45, 7) is 9.61. The zero-order valence-electron chi connectivity index (χ0n) is 22.0. The summed E-state index contributed by atoms with van der Waals surface area (Å²) in [5.41, 5.74) is 3.14. The summed E-state index contributed by atoms with van der Waals surface area (Å²) < 4.78 is 39.9. The van der Waals surface area contributed by atoms with Crippen molar-refractivity contribution in [1.29, 1.82) is 0 Å². The first kappa shape index (κ1) is 29.3. The van der Waals surface area contributed by atoms with Gasteiger partial charge >= 0.3 is 0 Å². The molecule has 2 rings (SSSR count). The predicted octanol–water partition coefficient (Wildman–Crippen LogP) is 4.32. The Labute approximate surface area is 214 Å². The van der Waals surface area contributed by atoms with Crippen molar-refractivity contribution in [2.24, 2.45) is 0 Å².